The van der Waals surface area contributed by atoms with Gasteiger partial charge in [0, 0.05) is 6.42 Å². The van der Waals surface area contributed by atoms with Gasteiger partial charge in [-0.25, -0.2) is 0 Å². The fraction of sp³-hybridized carbons (Fsp3) is 0.455. The van der Waals surface area contributed by atoms with Gasteiger partial charge in [0.05, 0.1) is 23.3 Å². The minimum Gasteiger partial charge on any atom is -0.543 e. The monoisotopic (exact) mass is 381 g/mol. The van der Waals surface area contributed by atoms with E-state index in [9.17, 15) is 10.1 Å². The number of nitrogens with zero attached hydrogens (tertiary/aromatic N) is 1. The predicted octanol–water partition coefficient (Wildman–Crippen LogP) is 5.64. The van der Waals surface area contributed by atoms with Crippen LogP contribution in [0.15, 0.2) is 41.2 Å². The van der Waals surface area contributed by atoms with Gasteiger partial charge in [-0.05, 0) is 60.3 Å². The molecule has 2 aromatic rings. The fourth-order valence-electron chi connectivity index (χ4n) is 3.28. The molecule has 3 rings (SSSR count). The molecule has 0 amide bonds. The summed E-state index contributed by atoms with van der Waals surface area (Å²) < 4.78 is 11.3. The first-order valence-corrected chi connectivity index (χ1v) is 12.3. The van der Waals surface area contributed by atoms with Crippen molar-refractivity contribution in [1.29, 1.82) is 5.26 Å². The van der Waals surface area contributed by atoms with Gasteiger partial charge in [0.15, 0.2) is 5.78 Å². The lowest BCUT2D eigenvalue weighted by molar-refractivity contribution is 0.0971. The van der Waals surface area contributed by atoms with Crippen molar-refractivity contribution in [3.05, 3.63) is 53.5 Å². The van der Waals surface area contributed by atoms with E-state index in [2.05, 4.69) is 46.0 Å². The molecule has 0 bridgehead atoms. The van der Waals surface area contributed by atoms with E-state index in [0.717, 1.165) is 16.9 Å². The summed E-state index contributed by atoms with van der Waals surface area (Å²) >= 11 is 0. The second-order valence-electron chi connectivity index (χ2n) is 8.99. The van der Waals surface area contributed by atoms with E-state index < -0.39 is 13.7 Å². The van der Waals surface area contributed by atoms with Crippen molar-refractivity contribution in [3.8, 4) is 11.8 Å². The first-order chi connectivity index (χ1) is 12.6. The molecule has 0 aliphatic heterocycles. The Labute approximate surface area is 162 Å². The van der Waals surface area contributed by atoms with Crippen molar-refractivity contribution in [2.24, 2.45) is 0 Å². The normalized spacial score (nSPS) is 19.0. The summed E-state index contributed by atoms with van der Waals surface area (Å²) in [6, 6.07) is 10.2. The molecular formula is C22H27NO3Si. The second-order valence-corrected chi connectivity index (χ2v) is 13.7. The highest BCUT2D eigenvalue weighted by Crippen LogP contribution is 2.46. The Bertz CT molecular complexity index is 887. The van der Waals surface area contributed by atoms with Gasteiger partial charge >= 0.3 is 0 Å². The van der Waals surface area contributed by atoms with Crippen LogP contribution in [0.2, 0.25) is 18.1 Å². The number of benzene rings is 1. The van der Waals surface area contributed by atoms with Crippen LogP contribution in [0.5, 0.6) is 5.75 Å². The highest BCUT2D eigenvalue weighted by atomic mass is 28.4. The highest BCUT2D eigenvalue weighted by molar-refractivity contribution is 6.74. The maximum atomic E-state index is 12.2. The van der Waals surface area contributed by atoms with Crippen LogP contribution in [0.4, 0.5) is 0 Å². The molecule has 142 valence electrons. The molecule has 0 spiro atoms. The molecule has 1 unspecified atom stereocenters. The molecule has 4 nitrogen and oxygen atoms in total. The SMILES string of the molecule is CC(C)(C)[Si](C)(C)Oc1ccc2c(c1)CC2(C#N)CCC(=O)c1ccoc1. The summed E-state index contributed by atoms with van der Waals surface area (Å²) in [5, 5.41) is 9.92. The van der Waals surface area contributed by atoms with Crippen molar-refractivity contribution in [3.63, 3.8) is 0 Å². The number of carbonyl (C=O) groups excluding carboxylic acids is 1. The molecular weight excluding hydrogens is 354 g/mol. The molecule has 1 heterocycles. The zero-order valence-corrected chi connectivity index (χ0v) is 17.8. The minimum atomic E-state index is -1.89. The Kier molecular flexibility index (Phi) is 4.81. The number of fused-ring (bicyclic) bond motifs is 1. The van der Waals surface area contributed by atoms with Gasteiger partial charge in [-0.3, -0.25) is 4.79 Å². The number of rotatable bonds is 6. The lowest BCUT2D eigenvalue weighted by Crippen LogP contribution is -2.44. The average Bonchev–Trinajstić information content (AvgIpc) is 3.09. The number of nitriles is 1. The number of carbonyl (C=O) groups is 1. The van der Waals surface area contributed by atoms with Crippen LogP contribution in [-0.2, 0) is 11.8 Å². The van der Waals surface area contributed by atoms with Gasteiger partial charge in [-0.15, -0.1) is 0 Å². The van der Waals surface area contributed by atoms with Crippen LogP contribution in [0.1, 0.15) is 55.1 Å². The minimum absolute atomic E-state index is 0.0182. The molecule has 27 heavy (non-hydrogen) atoms. The van der Waals surface area contributed by atoms with Gasteiger partial charge < -0.3 is 8.84 Å². The molecule has 5 heteroatoms. The summed E-state index contributed by atoms with van der Waals surface area (Å²) in [5.74, 6) is 0.908. The highest BCUT2D eigenvalue weighted by Gasteiger charge is 2.44. The zero-order chi connectivity index (χ0) is 19.9. The molecule has 0 saturated carbocycles. The van der Waals surface area contributed by atoms with Gasteiger partial charge in [0.25, 0.3) is 0 Å². The predicted molar refractivity (Wildman–Crippen MR) is 108 cm³/mol. The van der Waals surface area contributed by atoms with E-state index in [-0.39, 0.29) is 10.8 Å². The van der Waals surface area contributed by atoms with Crippen LogP contribution in [0.25, 0.3) is 0 Å². The van der Waals surface area contributed by atoms with E-state index in [1.54, 1.807) is 6.07 Å². The van der Waals surface area contributed by atoms with E-state index in [4.69, 9.17) is 8.84 Å². The van der Waals surface area contributed by atoms with Crippen molar-refractivity contribution in [2.45, 2.75) is 63.6 Å². The Balaban J connectivity index is 1.72. The number of ketones is 1. The molecule has 1 aromatic carbocycles. The van der Waals surface area contributed by atoms with Gasteiger partial charge in [-0.1, -0.05) is 26.8 Å². The first-order valence-electron chi connectivity index (χ1n) is 9.37. The molecule has 1 aliphatic rings. The summed E-state index contributed by atoms with van der Waals surface area (Å²) in [5.41, 5.74) is 2.20. The topological polar surface area (TPSA) is 63.2 Å². The van der Waals surface area contributed by atoms with E-state index >= 15 is 0 Å². The molecule has 0 fully saturated rings. The zero-order valence-electron chi connectivity index (χ0n) is 16.8. The van der Waals surface area contributed by atoms with Crippen molar-refractivity contribution >= 4 is 14.1 Å². The van der Waals surface area contributed by atoms with Crippen LogP contribution in [0.3, 0.4) is 0 Å². The van der Waals surface area contributed by atoms with E-state index in [0.29, 0.717) is 24.8 Å². The number of Topliss-reactive ketones (excluding diaryl/α,β-unsaturated/α-hetero) is 1. The molecule has 0 saturated heterocycles. The number of furan rings is 1. The van der Waals surface area contributed by atoms with Gasteiger partial charge in [0.1, 0.15) is 12.0 Å². The van der Waals surface area contributed by atoms with Crippen molar-refractivity contribution in [1.82, 2.24) is 0 Å². The summed E-state index contributed by atoms with van der Waals surface area (Å²) in [6.45, 7) is 11.1. The molecule has 1 aliphatic carbocycles. The van der Waals surface area contributed by atoms with Crippen LogP contribution >= 0.6 is 0 Å². The lowest BCUT2D eigenvalue weighted by atomic mass is 9.62. The van der Waals surface area contributed by atoms with E-state index in [1.807, 2.05) is 12.1 Å². The third kappa shape index (κ3) is 3.59. The average molecular weight is 382 g/mol. The van der Waals surface area contributed by atoms with Crippen LogP contribution in [0, 0.1) is 11.3 Å². The Morgan fingerprint density at radius 2 is 2.07 bits per heavy atom. The molecule has 0 radical (unpaired) electrons. The van der Waals surface area contributed by atoms with E-state index in [1.165, 1.54) is 12.5 Å². The summed E-state index contributed by atoms with van der Waals surface area (Å²) in [4.78, 5) is 12.2. The molecule has 0 N–H and O–H groups in total. The maximum Gasteiger partial charge on any atom is 0.250 e. The van der Waals surface area contributed by atoms with Crippen LogP contribution in [-0.4, -0.2) is 14.1 Å². The molecule has 1 aromatic heterocycles. The smallest absolute Gasteiger partial charge is 0.250 e. The fourth-order valence-corrected chi connectivity index (χ4v) is 4.30. The Morgan fingerprint density at radius 1 is 1.33 bits per heavy atom. The standard InChI is InChI=1S/C22H27NO3Si/c1-21(2,3)27(4,5)26-18-6-7-19-17(12-18)13-22(19,15-23)10-8-20(24)16-9-11-25-14-16/h6-7,9,11-12,14H,8,10,13H2,1-5H3. The third-order valence-corrected chi connectivity index (χ3v) is 10.5. The lowest BCUT2D eigenvalue weighted by Gasteiger charge is -2.40. The second kappa shape index (κ2) is 6.69. The largest absolute Gasteiger partial charge is 0.543 e. The van der Waals surface area contributed by atoms with Gasteiger partial charge in [-0.2, -0.15) is 5.26 Å². The van der Waals surface area contributed by atoms with Crippen molar-refractivity contribution in [2.75, 3.05) is 0 Å². The Hall–Kier alpha value is -2.32. The van der Waals surface area contributed by atoms with Crippen molar-refractivity contribution < 1.29 is 13.6 Å². The maximum absolute atomic E-state index is 12.2. The first kappa shape index (κ1) is 19.4. The van der Waals surface area contributed by atoms with Gasteiger partial charge in [0.2, 0.25) is 8.32 Å². The van der Waals surface area contributed by atoms with Crippen LogP contribution < -0.4 is 4.43 Å². The third-order valence-electron chi connectivity index (χ3n) is 6.10. The Morgan fingerprint density at radius 3 is 2.63 bits per heavy atom. The quantitative estimate of drug-likeness (QED) is 0.479. The number of hydrogen-bond donors (Lipinski definition) is 0. The molecule has 1 atom stereocenters. The summed E-state index contributed by atoms with van der Waals surface area (Å²) in [6.07, 6.45) is 4.50. The number of hydrogen-bond acceptors (Lipinski definition) is 4. The summed E-state index contributed by atoms with van der Waals surface area (Å²) in [7, 11) is -1.89.